The van der Waals surface area contributed by atoms with E-state index in [1.807, 2.05) is 24.0 Å². The molecule has 1 aliphatic rings. The summed E-state index contributed by atoms with van der Waals surface area (Å²) in [6, 6.07) is 15.6. The molecule has 6 heteroatoms. The van der Waals surface area contributed by atoms with Gasteiger partial charge in [-0.15, -0.1) is 0 Å². The number of methoxy groups -OCH3 is 1. The molecule has 0 bridgehead atoms. The van der Waals surface area contributed by atoms with E-state index in [2.05, 4.69) is 34.5 Å². The SMILES string of the molecule is COc1ccc(NC(C)C(=O)N2CCN(Cc3ccccc3)CC2)cc1Cl. The van der Waals surface area contributed by atoms with Gasteiger partial charge < -0.3 is 15.0 Å². The molecular formula is C21H26ClN3O2. The molecule has 144 valence electrons. The fraction of sp³-hybridized carbons (Fsp3) is 0.381. The monoisotopic (exact) mass is 387 g/mol. The van der Waals surface area contributed by atoms with E-state index in [0.29, 0.717) is 10.8 Å². The average molecular weight is 388 g/mol. The molecule has 5 nitrogen and oxygen atoms in total. The van der Waals surface area contributed by atoms with Gasteiger partial charge in [0.25, 0.3) is 0 Å². The van der Waals surface area contributed by atoms with Crippen molar-refractivity contribution in [1.82, 2.24) is 9.80 Å². The van der Waals surface area contributed by atoms with Crippen molar-refractivity contribution in [3.8, 4) is 5.75 Å². The van der Waals surface area contributed by atoms with Crippen molar-refractivity contribution in [2.45, 2.75) is 19.5 Å². The summed E-state index contributed by atoms with van der Waals surface area (Å²) in [4.78, 5) is 17.1. The van der Waals surface area contributed by atoms with Crippen molar-refractivity contribution in [2.75, 3.05) is 38.6 Å². The van der Waals surface area contributed by atoms with E-state index in [-0.39, 0.29) is 11.9 Å². The van der Waals surface area contributed by atoms with Gasteiger partial charge in [-0.25, -0.2) is 0 Å². The minimum Gasteiger partial charge on any atom is -0.495 e. The van der Waals surface area contributed by atoms with Crippen molar-refractivity contribution in [3.63, 3.8) is 0 Å². The van der Waals surface area contributed by atoms with Gasteiger partial charge in [-0.05, 0) is 30.7 Å². The summed E-state index contributed by atoms with van der Waals surface area (Å²) in [6.45, 7) is 6.10. The van der Waals surface area contributed by atoms with Crippen LogP contribution >= 0.6 is 11.6 Å². The first kappa shape index (κ1) is 19.5. The maximum Gasteiger partial charge on any atom is 0.244 e. The molecule has 0 saturated carbocycles. The molecule has 1 saturated heterocycles. The molecular weight excluding hydrogens is 362 g/mol. The fourth-order valence-corrected chi connectivity index (χ4v) is 3.57. The Bertz CT molecular complexity index is 761. The third-order valence-corrected chi connectivity index (χ3v) is 5.13. The second kappa shape index (κ2) is 9.11. The van der Waals surface area contributed by atoms with Crippen molar-refractivity contribution >= 4 is 23.2 Å². The average Bonchev–Trinajstić information content (AvgIpc) is 2.69. The van der Waals surface area contributed by atoms with Crippen molar-refractivity contribution in [1.29, 1.82) is 0 Å². The van der Waals surface area contributed by atoms with Crippen LogP contribution in [0.3, 0.4) is 0 Å². The summed E-state index contributed by atoms with van der Waals surface area (Å²) >= 11 is 6.16. The predicted octanol–water partition coefficient (Wildman–Crippen LogP) is 3.49. The van der Waals surface area contributed by atoms with E-state index < -0.39 is 0 Å². The summed E-state index contributed by atoms with van der Waals surface area (Å²) in [6.07, 6.45) is 0. The number of carbonyl (C=O) groups is 1. The second-order valence-corrected chi connectivity index (χ2v) is 7.21. The predicted molar refractivity (Wildman–Crippen MR) is 109 cm³/mol. The van der Waals surface area contributed by atoms with Crippen LogP contribution in [-0.2, 0) is 11.3 Å². The Kier molecular flexibility index (Phi) is 6.58. The number of nitrogens with zero attached hydrogens (tertiary/aromatic N) is 2. The number of benzene rings is 2. The maximum absolute atomic E-state index is 12.8. The number of nitrogens with one attached hydrogen (secondary N) is 1. The molecule has 1 heterocycles. The molecule has 1 N–H and O–H groups in total. The van der Waals surface area contributed by atoms with Gasteiger partial charge >= 0.3 is 0 Å². The first-order chi connectivity index (χ1) is 13.1. The van der Waals surface area contributed by atoms with Gasteiger partial charge in [0.05, 0.1) is 12.1 Å². The Morgan fingerprint density at radius 3 is 2.48 bits per heavy atom. The summed E-state index contributed by atoms with van der Waals surface area (Å²) in [5.41, 5.74) is 2.12. The van der Waals surface area contributed by atoms with Crippen LogP contribution in [0.5, 0.6) is 5.75 Å². The molecule has 1 fully saturated rings. The first-order valence-electron chi connectivity index (χ1n) is 9.22. The Morgan fingerprint density at radius 2 is 1.85 bits per heavy atom. The zero-order valence-corrected chi connectivity index (χ0v) is 16.6. The number of anilines is 1. The lowest BCUT2D eigenvalue weighted by Crippen LogP contribution is -2.51. The van der Waals surface area contributed by atoms with Crippen LogP contribution in [0, 0.1) is 0 Å². The van der Waals surface area contributed by atoms with Crippen LogP contribution in [0.15, 0.2) is 48.5 Å². The van der Waals surface area contributed by atoms with Gasteiger partial charge in [0.15, 0.2) is 0 Å². The van der Waals surface area contributed by atoms with Crippen LogP contribution in [-0.4, -0.2) is 55.0 Å². The highest BCUT2D eigenvalue weighted by molar-refractivity contribution is 6.32. The van der Waals surface area contributed by atoms with Gasteiger partial charge in [-0.1, -0.05) is 41.9 Å². The Balaban J connectivity index is 1.50. The minimum absolute atomic E-state index is 0.112. The summed E-state index contributed by atoms with van der Waals surface area (Å²) in [5.74, 6) is 0.733. The normalized spacial score (nSPS) is 16.0. The highest BCUT2D eigenvalue weighted by atomic mass is 35.5. The second-order valence-electron chi connectivity index (χ2n) is 6.80. The number of rotatable bonds is 6. The minimum atomic E-state index is -0.310. The summed E-state index contributed by atoms with van der Waals surface area (Å²) in [5, 5.41) is 3.76. The maximum atomic E-state index is 12.8. The molecule has 2 aromatic rings. The van der Waals surface area contributed by atoms with Crippen LogP contribution in [0.1, 0.15) is 12.5 Å². The molecule has 0 aromatic heterocycles. The molecule has 1 unspecified atom stereocenters. The largest absolute Gasteiger partial charge is 0.495 e. The lowest BCUT2D eigenvalue weighted by molar-refractivity contribution is -0.133. The Hall–Kier alpha value is -2.24. The van der Waals surface area contributed by atoms with Crippen molar-refractivity contribution in [3.05, 3.63) is 59.1 Å². The molecule has 1 atom stereocenters. The number of hydrogen-bond donors (Lipinski definition) is 1. The quantitative estimate of drug-likeness (QED) is 0.824. The lowest BCUT2D eigenvalue weighted by atomic mass is 10.2. The molecule has 0 aliphatic carbocycles. The van der Waals surface area contributed by atoms with Crippen LogP contribution in [0.2, 0.25) is 5.02 Å². The number of halogens is 1. The number of piperazine rings is 1. The molecule has 0 spiro atoms. The summed E-state index contributed by atoms with van der Waals surface area (Å²) in [7, 11) is 1.58. The van der Waals surface area contributed by atoms with Gasteiger partial charge in [-0.2, -0.15) is 0 Å². The first-order valence-corrected chi connectivity index (χ1v) is 9.60. The van der Waals surface area contributed by atoms with Crippen LogP contribution < -0.4 is 10.1 Å². The Labute approximate surface area is 165 Å². The molecule has 0 radical (unpaired) electrons. The van der Waals surface area contributed by atoms with Gasteiger partial charge in [0.2, 0.25) is 5.91 Å². The zero-order chi connectivity index (χ0) is 19.2. The molecule has 1 aliphatic heterocycles. The highest BCUT2D eigenvalue weighted by Gasteiger charge is 2.25. The van der Waals surface area contributed by atoms with E-state index in [9.17, 15) is 4.79 Å². The van der Waals surface area contributed by atoms with E-state index in [1.54, 1.807) is 19.2 Å². The smallest absolute Gasteiger partial charge is 0.244 e. The topological polar surface area (TPSA) is 44.8 Å². The number of carbonyl (C=O) groups excluding carboxylic acids is 1. The molecule has 27 heavy (non-hydrogen) atoms. The molecule has 2 aromatic carbocycles. The Morgan fingerprint density at radius 1 is 1.15 bits per heavy atom. The van der Waals surface area contributed by atoms with Gasteiger partial charge in [0, 0.05) is 38.4 Å². The number of amides is 1. The van der Waals surface area contributed by atoms with E-state index in [1.165, 1.54) is 5.56 Å². The number of ether oxygens (including phenoxy) is 1. The fourth-order valence-electron chi connectivity index (χ4n) is 3.31. The third-order valence-electron chi connectivity index (χ3n) is 4.84. The van der Waals surface area contributed by atoms with Gasteiger partial charge in [-0.3, -0.25) is 9.69 Å². The van der Waals surface area contributed by atoms with Crippen LogP contribution in [0.4, 0.5) is 5.69 Å². The lowest BCUT2D eigenvalue weighted by Gasteiger charge is -2.36. The van der Waals surface area contributed by atoms with E-state index in [4.69, 9.17) is 16.3 Å². The third kappa shape index (κ3) is 5.15. The zero-order valence-electron chi connectivity index (χ0n) is 15.8. The molecule has 1 amide bonds. The van der Waals surface area contributed by atoms with Crippen molar-refractivity contribution in [2.24, 2.45) is 0 Å². The summed E-state index contributed by atoms with van der Waals surface area (Å²) < 4.78 is 5.16. The number of hydrogen-bond acceptors (Lipinski definition) is 4. The van der Waals surface area contributed by atoms with Gasteiger partial charge in [0.1, 0.15) is 11.8 Å². The highest BCUT2D eigenvalue weighted by Crippen LogP contribution is 2.27. The standard InChI is InChI=1S/C21H26ClN3O2/c1-16(23-18-8-9-20(27-2)19(22)14-18)21(26)25-12-10-24(11-13-25)15-17-6-4-3-5-7-17/h3-9,14,16,23H,10-13,15H2,1-2H3. The van der Waals surface area contributed by atoms with E-state index in [0.717, 1.165) is 38.4 Å². The van der Waals surface area contributed by atoms with E-state index >= 15 is 0 Å². The van der Waals surface area contributed by atoms with Crippen LogP contribution in [0.25, 0.3) is 0 Å². The molecule has 3 rings (SSSR count). The van der Waals surface area contributed by atoms with Crippen molar-refractivity contribution < 1.29 is 9.53 Å².